The van der Waals surface area contributed by atoms with Gasteiger partial charge in [-0.25, -0.2) is 0 Å². The second kappa shape index (κ2) is 6.07. The van der Waals surface area contributed by atoms with E-state index in [2.05, 4.69) is 0 Å². The van der Waals surface area contributed by atoms with Crippen molar-refractivity contribution in [1.29, 1.82) is 0 Å². The van der Waals surface area contributed by atoms with Crippen LogP contribution in [0, 0.1) is 0 Å². The van der Waals surface area contributed by atoms with Gasteiger partial charge in [-0.05, 0) is 23.8 Å². The SMILES string of the molecule is COC1(OC)C(=O)N(Cc2ccccc2)c2ccc(C(N)=O)cc21. The van der Waals surface area contributed by atoms with Crippen molar-refractivity contribution < 1.29 is 19.1 Å². The molecule has 3 rings (SSSR count). The van der Waals surface area contributed by atoms with E-state index >= 15 is 0 Å². The van der Waals surface area contributed by atoms with Gasteiger partial charge in [-0.3, -0.25) is 9.59 Å². The summed E-state index contributed by atoms with van der Waals surface area (Å²) in [5.41, 5.74) is 7.73. The average molecular weight is 326 g/mol. The van der Waals surface area contributed by atoms with Gasteiger partial charge in [0.05, 0.1) is 12.2 Å². The average Bonchev–Trinajstić information content (AvgIpc) is 2.84. The van der Waals surface area contributed by atoms with Gasteiger partial charge in [-0.2, -0.15) is 0 Å². The number of carbonyl (C=O) groups excluding carboxylic acids is 2. The van der Waals surface area contributed by atoms with Gasteiger partial charge in [0, 0.05) is 25.3 Å². The minimum atomic E-state index is -1.57. The van der Waals surface area contributed by atoms with Crippen LogP contribution in [0.5, 0.6) is 0 Å². The van der Waals surface area contributed by atoms with Crippen molar-refractivity contribution >= 4 is 17.5 Å². The summed E-state index contributed by atoms with van der Waals surface area (Å²) in [7, 11) is 2.79. The summed E-state index contributed by atoms with van der Waals surface area (Å²) in [5.74, 6) is -2.49. The molecule has 0 radical (unpaired) electrons. The van der Waals surface area contributed by atoms with Gasteiger partial charge in [0.1, 0.15) is 0 Å². The lowest BCUT2D eigenvalue weighted by Crippen LogP contribution is -2.43. The smallest absolute Gasteiger partial charge is 0.292 e. The Balaban J connectivity index is 2.11. The molecule has 0 bridgehead atoms. The molecule has 0 saturated heterocycles. The molecule has 124 valence electrons. The summed E-state index contributed by atoms with van der Waals surface area (Å²) in [6, 6.07) is 14.4. The van der Waals surface area contributed by atoms with Crippen LogP contribution in [0.3, 0.4) is 0 Å². The van der Waals surface area contributed by atoms with Crippen LogP contribution in [0.25, 0.3) is 0 Å². The normalized spacial score (nSPS) is 15.4. The number of amides is 2. The number of benzene rings is 2. The standard InChI is InChI=1S/C18H18N2O4/c1-23-18(24-2)14-10-13(16(19)21)8-9-15(14)20(17(18)22)11-12-6-4-3-5-7-12/h3-10H,11H2,1-2H3,(H2,19,21). The lowest BCUT2D eigenvalue weighted by Gasteiger charge is -2.25. The fraction of sp³-hybridized carbons (Fsp3) is 0.222. The van der Waals surface area contributed by atoms with Crippen LogP contribution in [-0.2, 0) is 26.6 Å². The van der Waals surface area contributed by atoms with Gasteiger partial charge >= 0.3 is 0 Å². The lowest BCUT2D eigenvalue weighted by molar-refractivity contribution is -0.209. The Bertz CT molecular complexity index is 785. The predicted molar refractivity (Wildman–Crippen MR) is 88.3 cm³/mol. The summed E-state index contributed by atoms with van der Waals surface area (Å²) >= 11 is 0. The zero-order chi connectivity index (χ0) is 17.3. The second-order valence-electron chi connectivity index (χ2n) is 5.50. The minimum absolute atomic E-state index is 0.293. The van der Waals surface area contributed by atoms with E-state index in [1.807, 2.05) is 30.3 Å². The van der Waals surface area contributed by atoms with Gasteiger partial charge in [0.15, 0.2) is 0 Å². The highest BCUT2D eigenvalue weighted by Crippen LogP contribution is 2.44. The third-order valence-electron chi connectivity index (χ3n) is 4.21. The third kappa shape index (κ3) is 2.36. The maximum atomic E-state index is 13.0. The maximum absolute atomic E-state index is 13.0. The maximum Gasteiger partial charge on any atom is 0.292 e. The molecule has 6 heteroatoms. The number of fused-ring (bicyclic) bond motifs is 1. The van der Waals surface area contributed by atoms with E-state index in [4.69, 9.17) is 15.2 Å². The number of nitrogens with zero attached hydrogens (tertiary/aromatic N) is 1. The molecule has 1 aliphatic heterocycles. The van der Waals surface area contributed by atoms with Crippen LogP contribution < -0.4 is 10.6 Å². The van der Waals surface area contributed by atoms with Gasteiger partial charge in [-0.1, -0.05) is 30.3 Å². The van der Waals surface area contributed by atoms with Gasteiger partial charge < -0.3 is 20.1 Å². The fourth-order valence-corrected chi connectivity index (χ4v) is 2.99. The number of anilines is 1. The molecule has 1 aliphatic rings. The van der Waals surface area contributed by atoms with E-state index in [-0.39, 0.29) is 5.91 Å². The first-order valence-electron chi connectivity index (χ1n) is 7.44. The molecule has 2 N–H and O–H groups in total. The van der Waals surface area contributed by atoms with Gasteiger partial charge in [0.2, 0.25) is 5.91 Å². The van der Waals surface area contributed by atoms with Crippen molar-refractivity contribution in [2.24, 2.45) is 5.73 Å². The molecule has 2 aromatic rings. The monoisotopic (exact) mass is 326 g/mol. The van der Waals surface area contributed by atoms with E-state index in [1.165, 1.54) is 14.2 Å². The van der Waals surface area contributed by atoms with E-state index in [9.17, 15) is 9.59 Å². The summed E-state index contributed by atoms with van der Waals surface area (Å²) in [6.45, 7) is 0.372. The highest BCUT2D eigenvalue weighted by molar-refractivity contribution is 6.07. The van der Waals surface area contributed by atoms with Crippen molar-refractivity contribution in [1.82, 2.24) is 0 Å². The lowest BCUT2D eigenvalue weighted by atomic mass is 10.0. The Morgan fingerprint density at radius 1 is 1.12 bits per heavy atom. The van der Waals surface area contributed by atoms with E-state index in [0.29, 0.717) is 23.4 Å². The van der Waals surface area contributed by atoms with Crippen LogP contribution in [-0.4, -0.2) is 26.0 Å². The summed E-state index contributed by atoms with van der Waals surface area (Å²) in [6.07, 6.45) is 0. The Labute approximate surface area is 139 Å². The highest BCUT2D eigenvalue weighted by Gasteiger charge is 2.52. The van der Waals surface area contributed by atoms with Crippen molar-refractivity contribution in [2.75, 3.05) is 19.1 Å². The zero-order valence-electron chi connectivity index (χ0n) is 13.5. The molecule has 1 heterocycles. The largest absolute Gasteiger partial charge is 0.366 e. The molecular weight excluding hydrogens is 308 g/mol. The van der Waals surface area contributed by atoms with E-state index in [0.717, 1.165) is 5.56 Å². The van der Waals surface area contributed by atoms with Crippen molar-refractivity contribution in [3.63, 3.8) is 0 Å². The number of ether oxygens (including phenoxy) is 2. The Kier molecular flexibility index (Phi) is 4.09. The van der Waals surface area contributed by atoms with Gasteiger partial charge in [0.25, 0.3) is 11.7 Å². The summed E-state index contributed by atoms with van der Waals surface area (Å²) in [5, 5.41) is 0. The Morgan fingerprint density at radius 3 is 2.38 bits per heavy atom. The van der Waals surface area contributed by atoms with Crippen LogP contribution in [0.2, 0.25) is 0 Å². The number of hydrogen-bond donors (Lipinski definition) is 1. The Hall–Kier alpha value is -2.70. The fourth-order valence-electron chi connectivity index (χ4n) is 2.99. The Morgan fingerprint density at radius 2 is 1.79 bits per heavy atom. The van der Waals surface area contributed by atoms with Crippen LogP contribution >= 0.6 is 0 Å². The number of hydrogen-bond acceptors (Lipinski definition) is 4. The van der Waals surface area contributed by atoms with E-state index in [1.54, 1.807) is 23.1 Å². The molecule has 2 aromatic carbocycles. The summed E-state index contributed by atoms with van der Waals surface area (Å²) in [4.78, 5) is 26.1. The number of methoxy groups -OCH3 is 2. The quantitative estimate of drug-likeness (QED) is 0.849. The first kappa shape index (κ1) is 16.2. The molecule has 0 spiro atoms. The third-order valence-corrected chi connectivity index (χ3v) is 4.21. The first-order chi connectivity index (χ1) is 11.5. The predicted octanol–water partition coefficient (Wildman–Crippen LogP) is 1.78. The van der Waals surface area contributed by atoms with Gasteiger partial charge in [-0.15, -0.1) is 0 Å². The topological polar surface area (TPSA) is 81.9 Å². The molecule has 0 atom stereocenters. The van der Waals surface area contributed by atoms with Crippen LogP contribution in [0.4, 0.5) is 5.69 Å². The zero-order valence-corrected chi connectivity index (χ0v) is 13.5. The molecule has 0 aromatic heterocycles. The molecule has 0 unspecified atom stereocenters. The van der Waals surface area contributed by atoms with Crippen molar-refractivity contribution in [2.45, 2.75) is 12.3 Å². The van der Waals surface area contributed by atoms with Crippen LogP contribution in [0.1, 0.15) is 21.5 Å². The highest BCUT2D eigenvalue weighted by atomic mass is 16.7. The number of carbonyl (C=O) groups is 2. The molecular formula is C18H18N2O4. The van der Waals surface area contributed by atoms with Crippen LogP contribution in [0.15, 0.2) is 48.5 Å². The molecule has 0 saturated carbocycles. The molecule has 24 heavy (non-hydrogen) atoms. The molecule has 0 aliphatic carbocycles. The number of nitrogens with two attached hydrogens (primary N) is 1. The molecule has 6 nitrogen and oxygen atoms in total. The molecule has 0 fully saturated rings. The second-order valence-corrected chi connectivity index (χ2v) is 5.50. The van der Waals surface area contributed by atoms with Crippen molar-refractivity contribution in [3.8, 4) is 0 Å². The number of rotatable bonds is 5. The minimum Gasteiger partial charge on any atom is -0.366 e. The number of primary amides is 1. The summed E-state index contributed by atoms with van der Waals surface area (Å²) < 4.78 is 10.8. The first-order valence-corrected chi connectivity index (χ1v) is 7.44. The molecule has 2 amide bonds. The van der Waals surface area contributed by atoms with E-state index < -0.39 is 11.7 Å². The van der Waals surface area contributed by atoms with Crippen molar-refractivity contribution in [3.05, 3.63) is 65.2 Å².